The van der Waals surface area contributed by atoms with Crippen molar-refractivity contribution in [3.63, 3.8) is 0 Å². The summed E-state index contributed by atoms with van der Waals surface area (Å²) in [5.41, 5.74) is 0. The van der Waals surface area contributed by atoms with E-state index in [2.05, 4.69) is 5.32 Å². The molecule has 16 heavy (non-hydrogen) atoms. The van der Waals surface area contributed by atoms with Gasteiger partial charge in [0.25, 0.3) is 0 Å². The summed E-state index contributed by atoms with van der Waals surface area (Å²) in [4.78, 5) is 22.8. The Labute approximate surface area is 97.0 Å². The van der Waals surface area contributed by atoms with Crippen LogP contribution in [0.3, 0.4) is 0 Å². The van der Waals surface area contributed by atoms with Gasteiger partial charge >= 0.3 is 5.97 Å². The fraction of sp³-hybridized carbons (Fsp3) is 0.400. The largest absolute Gasteiger partial charge is 0.477 e. The van der Waals surface area contributed by atoms with Crippen LogP contribution >= 0.6 is 11.3 Å². The Morgan fingerprint density at radius 1 is 1.50 bits per heavy atom. The van der Waals surface area contributed by atoms with E-state index in [-0.39, 0.29) is 17.4 Å². The van der Waals surface area contributed by atoms with Gasteiger partial charge in [0.2, 0.25) is 5.91 Å². The fourth-order valence-electron chi connectivity index (χ4n) is 1.02. The molecule has 1 aromatic heterocycles. The molecule has 1 heterocycles. The maximum Gasteiger partial charge on any atom is 0.345 e. The van der Waals surface area contributed by atoms with E-state index in [0.717, 1.165) is 16.2 Å². The molecule has 2 N–H and O–H groups in total. The zero-order valence-electron chi connectivity index (χ0n) is 8.86. The number of rotatable bonds is 6. The molecular weight excluding hydrogens is 230 g/mol. The third-order valence-electron chi connectivity index (χ3n) is 1.77. The summed E-state index contributed by atoms with van der Waals surface area (Å²) < 4.78 is 4.92. The molecule has 0 fully saturated rings. The van der Waals surface area contributed by atoms with Gasteiger partial charge in [0.15, 0.2) is 0 Å². The summed E-state index contributed by atoms with van der Waals surface area (Å²) in [6, 6.07) is 3.21. The van der Waals surface area contributed by atoms with E-state index in [4.69, 9.17) is 9.84 Å². The summed E-state index contributed by atoms with van der Waals surface area (Å²) in [5, 5.41) is 11.3. The highest BCUT2D eigenvalue weighted by molar-refractivity contribution is 7.13. The lowest BCUT2D eigenvalue weighted by atomic mass is 10.4. The molecule has 0 aliphatic heterocycles. The Hall–Kier alpha value is -1.40. The van der Waals surface area contributed by atoms with Gasteiger partial charge in [-0.15, -0.1) is 11.3 Å². The van der Waals surface area contributed by atoms with Crippen molar-refractivity contribution in [2.24, 2.45) is 0 Å². The first-order valence-electron chi connectivity index (χ1n) is 4.80. The van der Waals surface area contributed by atoms with E-state index in [0.29, 0.717) is 13.2 Å². The van der Waals surface area contributed by atoms with Gasteiger partial charge in [-0.05, 0) is 19.1 Å². The minimum absolute atomic E-state index is 0.0354. The number of ether oxygens (including phenoxy) is 1. The molecule has 1 rings (SSSR count). The summed E-state index contributed by atoms with van der Waals surface area (Å²) in [6.45, 7) is 2.68. The average molecular weight is 243 g/mol. The smallest absolute Gasteiger partial charge is 0.345 e. The van der Waals surface area contributed by atoms with E-state index in [1.165, 1.54) is 6.07 Å². The van der Waals surface area contributed by atoms with E-state index in [1.54, 1.807) is 6.07 Å². The van der Waals surface area contributed by atoms with Crippen LogP contribution < -0.4 is 5.32 Å². The van der Waals surface area contributed by atoms with Gasteiger partial charge in [-0.3, -0.25) is 4.79 Å². The van der Waals surface area contributed by atoms with Gasteiger partial charge in [-0.2, -0.15) is 0 Å². The minimum Gasteiger partial charge on any atom is -0.477 e. The third-order valence-corrected chi connectivity index (χ3v) is 2.84. The second-order valence-electron chi connectivity index (χ2n) is 2.98. The van der Waals surface area contributed by atoms with Crippen molar-refractivity contribution in [2.75, 3.05) is 13.2 Å². The number of carboxylic acid groups (broad SMARTS) is 1. The number of carboxylic acids is 1. The zero-order chi connectivity index (χ0) is 12.0. The van der Waals surface area contributed by atoms with Crippen LogP contribution in [0.1, 0.15) is 21.5 Å². The van der Waals surface area contributed by atoms with Gasteiger partial charge in [-0.1, -0.05) is 0 Å². The number of hydrogen-bond acceptors (Lipinski definition) is 4. The standard InChI is InChI=1S/C10H13NO4S/c1-2-15-6-9(12)11-5-7-3-4-8(16-7)10(13)14/h3-4H,2,5-6H2,1H3,(H,11,12)(H,13,14). The number of carbonyl (C=O) groups excluding carboxylic acids is 1. The molecule has 0 radical (unpaired) electrons. The molecule has 6 heteroatoms. The van der Waals surface area contributed by atoms with E-state index >= 15 is 0 Å². The Morgan fingerprint density at radius 3 is 2.81 bits per heavy atom. The fourth-order valence-corrected chi connectivity index (χ4v) is 1.81. The van der Waals surface area contributed by atoms with Crippen molar-refractivity contribution < 1.29 is 19.4 Å². The van der Waals surface area contributed by atoms with Crippen molar-refractivity contribution in [3.8, 4) is 0 Å². The highest BCUT2D eigenvalue weighted by Crippen LogP contribution is 2.15. The highest BCUT2D eigenvalue weighted by atomic mass is 32.1. The van der Waals surface area contributed by atoms with Crippen LogP contribution in [0.5, 0.6) is 0 Å². The van der Waals surface area contributed by atoms with Crippen LogP contribution in [0.2, 0.25) is 0 Å². The monoisotopic (exact) mass is 243 g/mol. The molecule has 5 nitrogen and oxygen atoms in total. The summed E-state index contributed by atoms with van der Waals surface area (Å²) >= 11 is 1.15. The van der Waals surface area contributed by atoms with Gasteiger partial charge in [-0.25, -0.2) is 4.79 Å². The molecule has 0 atom stereocenters. The molecule has 1 amide bonds. The Kier molecular flexibility index (Phi) is 4.94. The van der Waals surface area contributed by atoms with Gasteiger partial charge < -0.3 is 15.2 Å². The molecule has 0 unspecified atom stereocenters. The molecular formula is C10H13NO4S. The van der Waals surface area contributed by atoms with Crippen molar-refractivity contribution in [2.45, 2.75) is 13.5 Å². The van der Waals surface area contributed by atoms with E-state index in [1.807, 2.05) is 6.92 Å². The zero-order valence-corrected chi connectivity index (χ0v) is 9.67. The molecule has 0 aromatic carbocycles. The molecule has 0 bridgehead atoms. The second kappa shape index (κ2) is 6.24. The minimum atomic E-state index is -0.947. The predicted molar refractivity (Wildman–Crippen MR) is 59.6 cm³/mol. The van der Waals surface area contributed by atoms with Gasteiger partial charge in [0.05, 0.1) is 6.54 Å². The summed E-state index contributed by atoms with van der Waals surface area (Å²) in [7, 11) is 0. The maximum absolute atomic E-state index is 11.2. The van der Waals surface area contributed by atoms with E-state index in [9.17, 15) is 9.59 Å². The molecule has 0 aliphatic rings. The van der Waals surface area contributed by atoms with E-state index < -0.39 is 5.97 Å². The van der Waals surface area contributed by atoms with Crippen molar-refractivity contribution in [1.29, 1.82) is 0 Å². The third kappa shape index (κ3) is 4.00. The van der Waals surface area contributed by atoms with Crippen LogP contribution in [-0.4, -0.2) is 30.2 Å². The highest BCUT2D eigenvalue weighted by Gasteiger charge is 2.07. The van der Waals surface area contributed by atoms with Crippen molar-refractivity contribution in [3.05, 3.63) is 21.9 Å². The van der Waals surface area contributed by atoms with Gasteiger partial charge in [0.1, 0.15) is 11.5 Å². The number of carbonyl (C=O) groups is 2. The first-order valence-corrected chi connectivity index (χ1v) is 5.61. The molecule has 0 aliphatic carbocycles. The van der Waals surface area contributed by atoms with Crippen LogP contribution in [0.25, 0.3) is 0 Å². The number of hydrogen-bond donors (Lipinski definition) is 2. The molecule has 1 aromatic rings. The second-order valence-corrected chi connectivity index (χ2v) is 4.15. The summed E-state index contributed by atoms with van der Waals surface area (Å²) in [5.74, 6) is -1.15. The lowest BCUT2D eigenvalue weighted by Gasteiger charge is -2.02. The topological polar surface area (TPSA) is 75.6 Å². The average Bonchev–Trinajstić information content (AvgIpc) is 2.72. The normalized spacial score (nSPS) is 10.1. The van der Waals surface area contributed by atoms with Crippen LogP contribution in [0, 0.1) is 0 Å². The number of amides is 1. The Balaban J connectivity index is 2.36. The molecule has 0 spiro atoms. The lowest BCUT2D eigenvalue weighted by molar-refractivity contribution is -0.125. The van der Waals surface area contributed by atoms with Crippen LogP contribution in [0.15, 0.2) is 12.1 Å². The molecule has 88 valence electrons. The number of thiophene rings is 1. The maximum atomic E-state index is 11.2. The van der Waals surface area contributed by atoms with Crippen molar-refractivity contribution >= 4 is 23.2 Å². The first-order chi connectivity index (χ1) is 7.63. The van der Waals surface area contributed by atoms with Crippen LogP contribution in [-0.2, 0) is 16.1 Å². The number of aromatic carboxylic acids is 1. The first kappa shape index (κ1) is 12.7. The molecule has 0 saturated heterocycles. The van der Waals surface area contributed by atoms with Gasteiger partial charge in [0, 0.05) is 11.5 Å². The Bertz CT molecular complexity index is 375. The number of nitrogens with one attached hydrogen (secondary N) is 1. The van der Waals surface area contributed by atoms with Crippen LogP contribution in [0.4, 0.5) is 0 Å². The van der Waals surface area contributed by atoms with Crippen molar-refractivity contribution in [1.82, 2.24) is 5.32 Å². The SMILES string of the molecule is CCOCC(=O)NCc1ccc(C(=O)O)s1. The quantitative estimate of drug-likeness (QED) is 0.784. The lowest BCUT2D eigenvalue weighted by Crippen LogP contribution is -2.26. The Morgan fingerprint density at radius 2 is 2.25 bits per heavy atom. The molecule has 0 saturated carbocycles. The predicted octanol–water partition coefficient (Wildman–Crippen LogP) is 1.10. The summed E-state index contributed by atoms with van der Waals surface area (Å²) in [6.07, 6.45) is 0.